The number of hydrogen-bond donors (Lipinski definition) is 1. The zero-order valence-corrected chi connectivity index (χ0v) is 12.6. The lowest BCUT2D eigenvalue weighted by atomic mass is 10.1. The molecule has 0 unspecified atom stereocenters. The van der Waals surface area contributed by atoms with Gasteiger partial charge in [-0.15, -0.1) is 6.42 Å². The Bertz CT molecular complexity index is 675. The molecule has 0 saturated carbocycles. The molecule has 22 heavy (non-hydrogen) atoms. The van der Waals surface area contributed by atoms with E-state index in [1.54, 1.807) is 20.8 Å². The van der Waals surface area contributed by atoms with Gasteiger partial charge in [-0.3, -0.25) is 4.90 Å². The van der Waals surface area contributed by atoms with Crippen LogP contribution in [0.3, 0.4) is 0 Å². The molecule has 0 spiro atoms. The number of carbonyl (C=O) groups is 2. The van der Waals surface area contributed by atoms with Gasteiger partial charge in [-0.2, -0.15) is 5.26 Å². The number of rotatable bonds is 3. The molecule has 1 rings (SSSR count). The maximum atomic E-state index is 12.2. The number of benzene rings is 1. The molecule has 0 aliphatic carbocycles. The van der Waals surface area contributed by atoms with Crippen molar-refractivity contribution in [3.05, 3.63) is 29.3 Å². The van der Waals surface area contributed by atoms with Gasteiger partial charge in [0.15, 0.2) is 0 Å². The molecule has 1 aromatic rings. The van der Waals surface area contributed by atoms with Crippen LogP contribution in [0.15, 0.2) is 18.2 Å². The maximum absolute atomic E-state index is 12.2. The molecular weight excluding hydrogens is 284 g/mol. The second-order valence-electron chi connectivity index (χ2n) is 5.42. The number of anilines is 1. The van der Waals surface area contributed by atoms with E-state index in [4.69, 9.17) is 16.3 Å². The third kappa shape index (κ3) is 4.26. The van der Waals surface area contributed by atoms with Crippen molar-refractivity contribution in [1.82, 2.24) is 0 Å². The average molecular weight is 300 g/mol. The van der Waals surface area contributed by atoms with Gasteiger partial charge in [0, 0.05) is 0 Å². The van der Waals surface area contributed by atoms with E-state index in [1.165, 1.54) is 18.2 Å². The molecular formula is C16H16N2O4. The lowest BCUT2D eigenvalue weighted by molar-refractivity contribution is 0.0584. The van der Waals surface area contributed by atoms with Crippen LogP contribution in [-0.2, 0) is 4.74 Å². The van der Waals surface area contributed by atoms with E-state index in [2.05, 4.69) is 5.92 Å². The Morgan fingerprint density at radius 2 is 2.05 bits per heavy atom. The number of terminal acetylenes is 1. The number of carboxylic acids is 1. The van der Waals surface area contributed by atoms with E-state index in [0.717, 1.165) is 4.90 Å². The summed E-state index contributed by atoms with van der Waals surface area (Å²) < 4.78 is 5.25. The smallest absolute Gasteiger partial charge is 0.415 e. The molecule has 1 N–H and O–H groups in total. The summed E-state index contributed by atoms with van der Waals surface area (Å²) >= 11 is 0. The minimum absolute atomic E-state index is 0.0287. The second-order valence-corrected chi connectivity index (χ2v) is 5.42. The molecule has 1 amide bonds. The van der Waals surface area contributed by atoms with Crippen molar-refractivity contribution in [1.29, 1.82) is 5.26 Å². The summed E-state index contributed by atoms with van der Waals surface area (Å²) in [5.74, 6) is 1.16. The van der Waals surface area contributed by atoms with Crippen molar-refractivity contribution in [3.8, 4) is 18.4 Å². The topological polar surface area (TPSA) is 90.6 Å². The van der Waals surface area contributed by atoms with Gasteiger partial charge in [-0.25, -0.2) is 9.59 Å². The van der Waals surface area contributed by atoms with E-state index in [-0.39, 0.29) is 23.4 Å². The number of amides is 1. The molecule has 0 heterocycles. The van der Waals surface area contributed by atoms with Crippen LogP contribution < -0.4 is 4.90 Å². The molecule has 0 saturated heterocycles. The Kier molecular flexibility index (Phi) is 5.15. The minimum atomic E-state index is -1.16. The van der Waals surface area contributed by atoms with Crippen LogP contribution in [0.5, 0.6) is 0 Å². The summed E-state index contributed by atoms with van der Waals surface area (Å²) in [7, 11) is 0. The SMILES string of the molecule is C#CCN(C(=O)OC(C)(C)C)c1ccc(C(=O)O)cc1C#N. The first kappa shape index (κ1) is 17.1. The van der Waals surface area contributed by atoms with Gasteiger partial charge in [0.25, 0.3) is 0 Å². The summed E-state index contributed by atoms with van der Waals surface area (Å²) in [5.41, 5.74) is -0.538. The van der Waals surface area contributed by atoms with E-state index in [1.807, 2.05) is 6.07 Å². The molecule has 0 fully saturated rings. The van der Waals surface area contributed by atoms with Gasteiger partial charge in [-0.05, 0) is 39.0 Å². The van der Waals surface area contributed by atoms with Crippen molar-refractivity contribution in [2.24, 2.45) is 0 Å². The van der Waals surface area contributed by atoms with Crippen molar-refractivity contribution in [2.75, 3.05) is 11.4 Å². The minimum Gasteiger partial charge on any atom is -0.478 e. The molecule has 0 aliphatic heterocycles. The quantitative estimate of drug-likeness (QED) is 0.866. The Labute approximate surface area is 128 Å². The molecule has 0 atom stereocenters. The summed E-state index contributed by atoms with van der Waals surface area (Å²) in [4.78, 5) is 24.3. The van der Waals surface area contributed by atoms with Crippen LogP contribution in [-0.4, -0.2) is 29.3 Å². The lowest BCUT2D eigenvalue weighted by Gasteiger charge is -2.26. The Hall–Kier alpha value is -2.99. The summed E-state index contributed by atoms with van der Waals surface area (Å²) in [6, 6.07) is 5.71. The van der Waals surface area contributed by atoms with E-state index in [9.17, 15) is 14.9 Å². The van der Waals surface area contributed by atoms with Gasteiger partial charge >= 0.3 is 12.1 Å². The van der Waals surface area contributed by atoms with Gasteiger partial charge in [0.05, 0.1) is 23.4 Å². The monoisotopic (exact) mass is 300 g/mol. The van der Waals surface area contributed by atoms with Crippen LogP contribution in [0, 0.1) is 23.7 Å². The number of carboxylic acid groups (broad SMARTS) is 1. The summed E-state index contributed by atoms with van der Waals surface area (Å²) in [6.45, 7) is 5.02. The van der Waals surface area contributed by atoms with Crippen LogP contribution in [0.25, 0.3) is 0 Å². The van der Waals surface area contributed by atoms with Crippen LogP contribution in [0.4, 0.5) is 10.5 Å². The first-order valence-corrected chi connectivity index (χ1v) is 6.41. The molecule has 0 aliphatic rings. The normalized spacial score (nSPS) is 10.2. The number of nitrogens with zero attached hydrogens (tertiary/aromatic N) is 2. The van der Waals surface area contributed by atoms with Gasteiger partial charge in [-0.1, -0.05) is 5.92 Å². The summed E-state index contributed by atoms with van der Waals surface area (Å²) in [6.07, 6.45) is 4.56. The second kappa shape index (κ2) is 6.64. The Morgan fingerprint density at radius 3 is 2.50 bits per heavy atom. The highest BCUT2D eigenvalue weighted by Crippen LogP contribution is 2.23. The highest BCUT2D eigenvalue weighted by molar-refractivity contribution is 5.93. The highest BCUT2D eigenvalue weighted by Gasteiger charge is 2.25. The van der Waals surface area contributed by atoms with Crippen molar-refractivity contribution >= 4 is 17.7 Å². The van der Waals surface area contributed by atoms with E-state index in [0.29, 0.717) is 0 Å². The zero-order valence-electron chi connectivity index (χ0n) is 12.6. The maximum Gasteiger partial charge on any atom is 0.415 e. The number of carbonyl (C=O) groups excluding carboxylic acids is 1. The molecule has 1 aromatic carbocycles. The Balaban J connectivity index is 3.28. The lowest BCUT2D eigenvalue weighted by Crippen LogP contribution is -2.37. The first-order valence-electron chi connectivity index (χ1n) is 6.41. The number of ether oxygens (including phenoxy) is 1. The molecule has 0 bridgehead atoms. The molecule has 0 radical (unpaired) electrons. The average Bonchev–Trinajstić information content (AvgIpc) is 2.42. The highest BCUT2D eigenvalue weighted by atomic mass is 16.6. The van der Waals surface area contributed by atoms with E-state index >= 15 is 0 Å². The standard InChI is InChI=1S/C16H16N2O4/c1-5-8-18(15(21)22-16(2,3)4)13-7-6-11(14(19)20)9-12(13)10-17/h1,6-7,9H,8H2,2-4H3,(H,19,20). The number of hydrogen-bond acceptors (Lipinski definition) is 4. The van der Waals surface area contributed by atoms with Gasteiger partial charge in [0.2, 0.25) is 0 Å². The molecule has 0 aromatic heterocycles. The van der Waals surface area contributed by atoms with Crippen LogP contribution >= 0.6 is 0 Å². The van der Waals surface area contributed by atoms with Crippen molar-refractivity contribution in [3.63, 3.8) is 0 Å². The van der Waals surface area contributed by atoms with Crippen LogP contribution in [0.1, 0.15) is 36.7 Å². The zero-order chi connectivity index (χ0) is 16.9. The van der Waals surface area contributed by atoms with Crippen molar-refractivity contribution < 1.29 is 19.4 Å². The van der Waals surface area contributed by atoms with Crippen molar-refractivity contribution in [2.45, 2.75) is 26.4 Å². The molecule has 114 valence electrons. The van der Waals surface area contributed by atoms with Gasteiger partial charge in [0.1, 0.15) is 11.7 Å². The molecule has 6 nitrogen and oxygen atoms in total. The molecule has 6 heteroatoms. The fraction of sp³-hybridized carbons (Fsp3) is 0.312. The number of aromatic carboxylic acids is 1. The third-order valence-corrected chi connectivity index (χ3v) is 2.52. The fourth-order valence-electron chi connectivity index (χ4n) is 1.65. The largest absolute Gasteiger partial charge is 0.478 e. The predicted octanol–water partition coefficient (Wildman–Crippen LogP) is 2.63. The Morgan fingerprint density at radius 1 is 1.41 bits per heavy atom. The third-order valence-electron chi connectivity index (χ3n) is 2.52. The van der Waals surface area contributed by atoms with Crippen LogP contribution in [0.2, 0.25) is 0 Å². The first-order chi connectivity index (χ1) is 10.2. The van der Waals surface area contributed by atoms with E-state index < -0.39 is 17.7 Å². The fourth-order valence-corrected chi connectivity index (χ4v) is 1.65. The van der Waals surface area contributed by atoms with Gasteiger partial charge < -0.3 is 9.84 Å². The number of nitriles is 1. The summed E-state index contributed by atoms with van der Waals surface area (Å²) in [5, 5.41) is 18.1. The predicted molar refractivity (Wildman–Crippen MR) is 80.5 cm³/mol.